The molecule has 1 aliphatic heterocycles. The van der Waals surface area contributed by atoms with Gasteiger partial charge in [0.2, 0.25) is 0 Å². The molecule has 1 aromatic rings. The fourth-order valence-electron chi connectivity index (χ4n) is 1.66. The zero-order chi connectivity index (χ0) is 13.9. The highest BCUT2D eigenvalue weighted by molar-refractivity contribution is 6.83. The average Bonchev–Trinajstić information content (AvgIpc) is 2.37. The van der Waals surface area contributed by atoms with E-state index in [0.29, 0.717) is 13.2 Å². The molecule has 0 radical (unpaired) electrons. The molecule has 0 N–H and O–H groups in total. The highest BCUT2D eigenvalue weighted by Crippen LogP contribution is 2.15. The SMILES string of the molecule is C[Si](C)(C)C#Cc1ccc(N2CCOCC2=O)cn1. The predicted molar refractivity (Wildman–Crippen MR) is 77.6 cm³/mol. The first-order valence-corrected chi connectivity index (χ1v) is 9.83. The van der Waals surface area contributed by atoms with Crippen LogP contribution in [0.3, 0.4) is 0 Å². The van der Waals surface area contributed by atoms with Crippen molar-refractivity contribution in [2.45, 2.75) is 19.6 Å². The molecule has 2 rings (SSSR count). The van der Waals surface area contributed by atoms with Gasteiger partial charge in [-0.05, 0) is 12.1 Å². The largest absolute Gasteiger partial charge is 0.370 e. The number of pyridine rings is 1. The van der Waals surface area contributed by atoms with E-state index in [0.717, 1.165) is 11.4 Å². The van der Waals surface area contributed by atoms with Gasteiger partial charge in [0.25, 0.3) is 5.91 Å². The lowest BCUT2D eigenvalue weighted by molar-refractivity contribution is -0.125. The van der Waals surface area contributed by atoms with Crippen LogP contribution in [0.15, 0.2) is 18.3 Å². The Morgan fingerprint density at radius 2 is 2.16 bits per heavy atom. The van der Waals surface area contributed by atoms with Crippen LogP contribution in [0.4, 0.5) is 5.69 Å². The predicted octanol–water partition coefficient (Wildman–Crippen LogP) is 1.67. The van der Waals surface area contributed by atoms with Crippen molar-refractivity contribution in [3.63, 3.8) is 0 Å². The average molecular weight is 274 g/mol. The van der Waals surface area contributed by atoms with E-state index in [4.69, 9.17) is 4.74 Å². The molecule has 0 aliphatic carbocycles. The first kappa shape index (κ1) is 13.8. The summed E-state index contributed by atoms with van der Waals surface area (Å²) in [7, 11) is -1.38. The molecule has 5 heteroatoms. The number of ether oxygens (including phenoxy) is 1. The van der Waals surface area contributed by atoms with Crippen molar-refractivity contribution in [2.75, 3.05) is 24.7 Å². The smallest absolute Gasteiger partial charge is 0.253 e. The molecule has 0 bridgehead atoms. The molecule has 0 unspecified atom stereocenters. The van der Waals surface area contributed by atoms with Crippen LogP contribution < -0.4 is 4.90 Å². The van der Waals surface area contributed by atoms with Crippen molar-refractivity contribution >= 4 is 19.7 Å². The number of morpholine rings is 1. The molecule has 2 heterocycles. The molecule has 1 fully saturated rings. The van der Waals surface area contributed by atoms with Gasteiger partial charge in [-0.3, -0.25) is 4.79 Å². The van der Waals surface area contributed by atoms with Crippen molar-refractivity contribution in [1.82, 2.24) is 4.98 Å². The Bertz CT molecular complexity index is 523. The quantitative estimate of drug-likeness (QED) is 0.578. The third-order valence-corrected chi connectivity index (χ3v) is 3.49. The normalized spacial score (nSPS) is 15.9. The van der Waals surface area contributed by atoms with Crippen LogP contribution in [0.2, 0.25) is 19.6 Å². The molecule has 1 aromatic heterocycles. The summed E-state index contributed by atoms with van der Waals surface area (Å²) in [6.07, 6.45) is 1.71. The van der Waals surface area contributed by atoms with Gasteiger partial charge >= 0.3 is 0 Å². The van der Waals surface area contributed by atoms with Gasteiger partial charge in [-0.2, -0.15) is 0 Å². The fourth-order valence-corrected chi connectivity index (χ4v) is 2.17. The molecule has 4 nitrogen and oxygen atoms in total. The van der Waals surface area contributed by atoms with E-state index < -0.39 is 8.07 Å². The van der Waals surface area contributed by atoms with Gasteiger partial charge in [-0.15, -0.1) is 5.54 Å². The number of hydrogen-bond acceptors (Lipinski definition) is 3. The van der Waals surface area contributed by atoms with Gasteiger partial charge in [0.15, 0.2) is 0 Å². The van der Waals surface area contributed by atoms with Crippen molar-refractivity contribution < 1.29 is 9.53 Å². The third kappa shape index (κ3) is 3.91. The van der Waals surface area contributed by atoms with Crippen LogP contribution in [-0.4, -0.2) is 38.7 Å². The Morgan fingerprint density at radius 1 is 1.37 bits per heavy atom. The fraction of sp³-hybridized carbons (Fsp3) is 0.429. The maximum Gasteiger partial charge on any atom is 0.253 e. The number of aromatic nitrogens is 1. The van der Waals surface area contributed by atoms with Crippen LogP contribution in [0.5, 0.6) is 0 Å². The van der Waals surface area contributed by atoms with Crippen LogP contribution >= 0.6 is 0 Å². The Labute approximate surface area is 114 Å². The molecule has 0 aromatic carbocycles. The minimum Gasteiger partial charge on any atom is -0.370 e. The lowest BCUT2D eigenvalue weighted by atomic mass is 10.3. The maximum atomic E-state index is 11.7. The van der Waals surface area contributed by atoms with Gasteiger partial charge in [-0.1, -0.05) is 25.6 Å². The second-order valence-electron chi connectivity index (χ2n) is 5.50. The van der Waals surface area contributed by atoms with Crippen LogP contribution in [0, 0.1) is 11.5 Å². The number of amides is 1. The zero-order valence-corrected chi connectivity index (χ0v) is 12.6. The van der Waals surface area contributed by atoms with Gasteiger partial charge in [0.05, 0.1) is 18.5 Å². The topological polar surface area (TPSA) is 42.4 Å². The molecule has 19 heavy (non-hydrogen) atoms. The molecule has 1 saturated heterocycles. The van der Waals surface area contributed by atoms with Crippen LogP contribution in [0.25, 0.3) is 0 Å². The van der Waals surface area contributed by atoms with Crippen molar-refractivity contribution in [1.29, 1.82) is 0 Å². The minimum absolute atomic E-state index is 0.0195. The van der Waals surface area contributed by atoms with Crippen LogP contribution in [0.1, 0.15) is 5.69 Å². The highest BCUT2D eigenvalue weighted by Gasteiger charge is 2.20. The molecule has 1 amide bonds. The summed E-state index contributed by atoms with van der Waals surface area (Å²) < 4.78 is 5.10. The van der Waals surface area contributed by atoms with Gasteiger partial charge in [-0.25, -0.2) is 4.98 Å². The van der Waals surface area contributed by atoms with E-state index in [-0.39, 0.29) is 12.5 Å². The number of anilines is 1. The lowest BCUT2D eigenvalue weighted by Crippen LogP contribution is -2.41. The van der Waals surface area contributed by atoms with E-state index in [9.17, 15) is 4.79 Å². The summed E-state index contributed by atoms with van der Waals surface area (Å²) in [5, 5.41) is 0. The van der Waals surface area contributed by atoms with E-state index in [1.54, 1.807) is 11.1 Å². The molecular weight excluding hydrogens is 256 g/mol. The Balaban J connectivity index is 2.13. The summed E-state index contributed by atoms with van der Waals surface area (Å²) in [5.74, 6) is 3.08. The Morgan fingerprint density at radius 3 is 2.74 bits per heavy atom. The first-order chi connectivity index (χ1) is 8.96. The minimum atomic E-state index is -1.38. The van der Waals surface area contributed by atoms with Crippen LogP contribution in [-0.2, 0) is 9.53 Å². The zero-order valence-electron chi connectivity index (χ0n) is 11.6. The third-order valence-electron chi connectivity index (χ3n) is 2.61. The lowest BCUT2D eigenvalue weighted by Gasteiger charge is -2.26. The van der Waals surface area contributed by atoms with E-state index >= 15 is 0 Å². The monoisotopic (exact) mass is 274 g/mol. The second-order valence-corrected chi connectivity index (χ2v) is 10.2. The summed E-state index contributed by atoms with van der Waals surface area (Å²) in [4.78, 5) is 17.7. The van der Waals surface area contributed by atoms with Gasteiger partial charge in [0, 0.05) is 6.54 Å². The summed E-state index contributed by atoms with van der Waals surface area (Å²) >= 11 is 0. The van der Waals surface area contributed by atoms with Crippen molar-refractivity contribution in [3.05, 3.63) is 24.0 Å². The number of carbonyl (C=O) groups is 1. The molecule has 0 saturated carbocycles. The molecular formula is C14H18N2O2Si. The van der Waals surface area contributed by atoms with Crippen molar-refractivity contribution in [2.24, 2.45) is 0 Å². The van der Waals surface area contributed by atoms with Crippen molar-refractivity contribution in [3.8, 4) is 11.5 Å². The summed E-state index contributed by atoms with van der Waals surface area (Å²) in [5.41, 5.74) is 4.84. The highest BCUT2D eigenvalue weighted by atomic mass is 28.3. The second kappa shape index (κ2) is 5.55. The summed E-state index contributed by atoms with van der Waals surface area (Å²) in [6.45, 7) is 7.89. The van der Waals surface area contributed by atoms with Gasteiger partial charge < -0.3 is 9.64 Å². The molecule has 1 aliphatic rings. The number of hydrogen-bond donors (Lipinski definition) is 0. The number of rotatable bonds is 1. The molecule has 0 spiro atoms. The molecule has 100 valence electrons. The summed E-state index contributed by atoms with van der Waals surface area (Å²) in [6, 6.07) is 3.76. The standard InChI is InChI=1S/C14H18N2O2Si/c1-19(2,3)9-6-12-4-5-13(10-15-12)16-7-8-18-11-14(16)17/h4-5,10H,7-8,11H2,1-3H3. The van der Waals surface area contributed by atoms with E-state index in [1.165, 1.54) is 0 Å². The Kier molecular flexibility index (Phi) is 4.03. The number of carbonyl (C=O) groups excluding carboxylic acids is 1. The Hall–Kier alpha value is -1.64. The molecule has 0 atom stereocenters. The maximum absolute atomic E-state index is 11.7. The van der Waals surface area contributed by atoms with Gasteiger partial charge in [0.1, 0.15) is 20.4 Å². The van der Waals surface area contributed by atoms with E-state index in [1.807, 2.05) is 12.1 Å². The first-order valence-electron chi connectivity index (χ1n) is 6.33. The van der Waals surface area contributed by atoms with E-state index in [2.05, 4.69) is 36.1 Å². The number of nitrogens with zero attached hydrogens (tertiary/aromatic N) is 2.